The Morgan fingerprint density at radius 1 is 0.889 bits per heavy atom. The number of fused-ring (bicyclic) bond motifs is 3. The highest BCUT2D eigenvalue weighted by molar-refractivity contribution is 6.07. The molecular formula is C16H18N2. The number of rotatable bonds is 4. The van der Waals surface area contributed by atoms with Crippen LogP contribution >= 0.6 is 0 Å². The molecule has 0 aliphatic heterocycles. The van der Waals surface area contributed by atoms with E-state index in [0.29, 0.717) is 0 Å². The quantitative estimate of drug-likeness (QED) is 0.685. The Morgan fingerprint density at radius 3 is 2.00 bits per heavy atom. The highest BCUT2D eigenvalue weighted by Crippen LogP contribution is 2.28. The third-order valence-corrected chi connectivity index (χ3v) is 3.38. The molecule has 1 N–H and O–H groups in total. The van der Waals surface area contributed by atoms with Crippen LogP contribution in [-0.4, -0.2) is 11.1 Å². The molecule has 0 radical (unpaired) electrons. The molecule has 18 heavy (non-hydrogen) atoms. The Morgan fingerprint density at radius 2 is 1.44 bits per heavy atom. The highest BCUT2D eigenvalue weighted by atomic mass is 15.1. The molecule has 0 aliphatic carbocycles. The van der Waals surface area contributed by atoms with Crippen molar-refractivity contribution in [3.05, 3.63) is 48.5 Å². The number of nitrogens with one attached hydrogen (secondary N) is 1. The summed E-state index contributed by atoms with van der Waals surface area (Å²) in [5, 5.41) is 6.16. The molecule has 92 valence electrons. The van der Waals surface area contributed by atoms with E-state index in [4.69, 9.17) is 0 Å². The van der Waals surface area contributed by atoms with Gasteiger partial charge in [-0.2, -0.15) is 0 Å². The fourth-order valence-corrected chi connectivity index (χ4v) is 2.54. The molecule has 2 heteroatoms. The summed E-state index contributed by atoms with van der Waals surface area (Å²) in [6, 6.07) is 17.2. The first-order chi connectivity index (χ1) is 8.92. The van der Waals surface area contributed by atoms with Crippen LogP contribution < -0.4 is 5.32 Å². The predicted molar refractivity (Wildman–Crippen MR) is 77.7 cm³/mol. The van der Waals surface area contributed by atoms with Gasteiger partial charge in [0, 0.05) is 10.8 Å². The highest BCUT2D eigenvalue weighted by Gasteiger charge is 2.08. The molecular weight excluding hydrogens is 220 g/mol. The van der Waals surface area contributed by atoms with Crippen molar-refractivity contribution in [1.82, 2.24) is 9.88 Å². The van der Waals surface area contributed by atoms with Gasteiger partial charge < -0.3 is 4.57 Å². The standard InChI is InChI=1S/C16H18N2/c1-2-11-17-12-18-15-9-5-3-7-13(15)14-8-4-6-10-16(14)18/h3-10,17H,2,11-12H2,1H3. The first-order valence-electron chi connectivity index (χ1n) is 6.58. The zero-order chi connectivity index (χ0) is 12.4. The summed E-state index contributed by atoms with van der Waals surface area (Å²) in [6.45, 7) is 4.13. The van der Waals surface area contributed by atoms with E-state index in [1.165, 1.54) is 21.8 Å². The van der Waals surface area contributed by atoms with E-state index in [2.05, 4.69) is 65.3 Å². The molecule has 1 aromatic heterocycles. The third kappa shape index (κ3) is 1.79. The van der Waals surface area contributed by atoms with Crippen molar-refractivity contribution in [3.8, 4) is 0 Å². The Balaban J connectivity index is 2.18. The Labute approximate surface area is 107 Å². The van der Waals surface area contributed by atoms with Gasteiger partial charge >= 0.3 is 0 Å². The van der Waals surface area contributed by atoms with Gasteiger partial charge in [0.15, 0.2) is 0 Å². The van der Waals surface area contributed by atoms with Gasteiger partial charge in [-0.1, -0.05) is 43.3 Å². The molecule has 3 rings (SSSR count). The van der Waals surface area contributed by atoms with E-state index in [-0.39, 0.29) is 0 Å². The molecule has 0 fully saturated rings. The minimum Gasteiger partial charge on any atom is -0.327 e. The van der Waals surface area contributed by atoms with Crippen molar-refractivity contribution in [1.29, 1.82) is 0 Å². The second kappa shape index (κ2) is 4.83. The molecule has 0 amide bonds. The van der Waals surface area contributed by atoms with E-state index >= 15 is 0 Å². The van der Waals surface area contributed by atoms with Gasteiger partial charge in [0.1, 0.15) is 0 Å². The minimum absolute atomic E-state index is 0.877. The van der Waals surface area contributed by atoms with E-state index in [9.17, 15) is 0 Å². The maximum Gasteiger partial charge on any atom is 0.0732 e. The van der Waals surface area contributed by atoms with Crippen LogP contribution in [0.1, 0.15) is 13.3 Å². The smallest absolute Gasteiger partial charge is 0.0732 e. The monoisotopic (exact) mass is 238 g/mol. The average Bonchev–Trinajstić information content (AvgIpc) is 2.74. The number of hydrogen-bond acceptors (Lipinski definition) is 1. The Bertz CT molecular complexity index is 614. The van der Waals surface area contributed by atoms with Gasteiger partial charge in [-0.3, -0.25) is 5.32 Å². The molecule has 0 saturated heterocycles. The molecule has 2 nitrogen and oxygen atoms in total. The van der Waals surface area contributed by atoms with Gasteiger partial charge in [0.05, 0.1) is 17.7 Å². The lowest BCUT2D eigenvalue weighted by molar-refractivity contribution is 0.578. The lowest BCUT2D eigenvalue weighted by atomic mass is 10.2. The van der Waals surface area contributed by atoms with Crippen LogP contribution in [-0.2, 0) is 6.67 Å². The van der Waals surface area contributed by atoms with Gasteiger partial charge in [-0.25, -0.2) is 0 Å². The SMILES string of the molecule is CCCNCn1c2ccccc2c2ccccc21. The normalized spacial score (nSPS) is 11.4. The van der Waals surface area contributed by atoms with Crippen molar-refractivity contribution >= 4 is 21.8 Å². The van der Waals surface area contributed by atoms with Crippen molar-refractivity contribution in [2.45, 2.75) is 20.0 Å². The summed E-state index contributed by atoms with van der Waals surface area (Å²) in [4.78, 5) is 0. The lowest BCUT2D eigenvalue weighted by Crippen LogP contribution is -2.18. The minimum atomic E-state index is 0.877. The molecule has 0 aliphatic rings. The van der Waals surface area contributed by atoms with Crippen molar-refractivity contribution in [3.63, 3.8) is 0 Å². The van der Waals surface area contributed by atoms with Crippen molar-refractivity contribution < 1.29 is 0 Å². The molecule has 0 spiro atoms. The van der Waals surface area contributed by atoms with E-state index in [0.717, 1.165) is 19.6 Å². The number of nitrogens with zero attached hydrogens (tertiary/aromatic N) is 1. The molecule has 0 atom stereocenters. The predicted octanol–water partition coefficient (Wildman–Crippen LogP) is 3.75. The van der Waals surface area contributed by atoms with Crippen LogP contribution in [0.4, 0.5) is 0 Å². The number of benzene rings is 2. The van der Waals surface area contributed by atoms with Gasteiger partial charge in [0.25, 0.3) is 0 Å². The van der Waals surface area contributed by atoms with E-state index in [1.54, 1.807) is 0 Å². The molecule has 2 aromatic carbocycles. The molecule has 3 aromatic rings. The largest absolute Gasteiger partial charge is 0.327 e. The Hall–Kier alpha value is -1.80. The van der Waals surface area contributed by atoms with Crippen LogP contribution in [0.2, 0.25) is 0 Å². The van der Waals surface area contributed by atoms with Crippen LogP contribution in [0, 0.1) is 0 Å². The van der Waals surface area contributed by atoms with Crippen molar-refractivity contribution in [2.24, 2.45) is 0 Å². The molecule has 0 saturated carbocycles. The second-order valence-corrected chi connectivity index (χ2v) is 4.62. The lowest BCUT2D eigenvalue weighted by Gasteiger charge is -2.08. The first-order valence-corrected chi connectivity index (χ1v) is 6.58. The number of aromatic nitrogens is 1. The van der Waals surface area contributed by atoms with Crippen molar-refractivity contribution in [2.75, 3.05) is 6.54 Å². The molecule has 0 unspecified atom stereocenters. The molecule has 1 heterocycles. The van der Waals surface area contributed by atoms with Crippen LogP contribution in [0.25, 0.3) is 21.8 Å². The Kier molecular flexibility index (Phi) is 3.03. The maximum absolute atomic E-state index is 3.48. The number of para-hydroxylation sites is 2. The topological polar surface area (TPSA) is 17.0 Å². The fraction of sp³-hybridized carbons (Fsp3) is 0.250. The summed E-state index contributed by atoms with van der Waals surface area (Å²) in [5.74, 6) is 0. The second-order valence-electron chi connectivity index (χ2n) is 4.62. The third-order valence-electron chi connectivity index (χ3n) is 3.38. The summed E-state index contributed by atoms with van der Waals surface area (Å²) in [5.41, 5.74) is 2.62. The molecule has 0 bridgehead atoms. The van der Waals surface area contributed by atoms with Crippen LogP contribution in [0.5, 0.6) is 0 Å². The van der Waals surface area contributed by atoms with Gasteiger partial charge in [0.2, 0.25) is 0 Å². The van der Waals surface area contributed by atoms with Crippen LogP contribution in [0.3, 0.4) is 0 Å². The van der Waals surface area contributed by atoms with Gasteiger partial charge in [-0.05, 0) is 25.1 Å². The summed E-state index contributed by atoms with van der Waals surface area (Å²) >= 11 is 0. The fourth-order valence-electron chi connectivity index (χ4n) is 2.54. The zero-order valence-electron chi connectivity index (χ0n) is 10.7. The maximum atomic E-state index is 3.48. The summed E-state index contributed by atoms with van der Waals surface area (Å²) in [6.07, 6.45) is 1.16. The first kappa shape index (κ1) is 11.3. The summed E-state index contributed by atoms with van der Waals surface area (Å²) < 4.78 is 2.36. The number of hydrogen-bond donors (Lipinski definition) is 1. The average molecular weight is 238 g/mol. The van der Waals surface area contributed by atoms with Crippen LogP contribution in [0.15, 0.2) is 48.5 Å². The zero-order valence-corrected chi connectivity index (χ0v) is 10.7. The van der Waals surface area contributed by atoms with Gasteiger partial charge in [-0.15, -0.1) is 0 Å². The van der Waals surface area contributed by atoms with E-state index < -0.39 is 0 Å². The van der Waals surface area contributed by atoms with E-state index in [1.807, 2.05) is 0 Å². The summed E-state index contributed by atoms with van der Waals surface area (Å²) in [7, 11) is 0.